The summed E-state index contributed by atoms with van der Waals surface area (Å²) in [6.07, 6.45) is 7.11. The predicted molar refractivity (Wildman–Crippen MR) is 115 cm³/mol. The van der Waals surface area contributed by atoms with Gasteiger partial charge in [-0.05, 0) is 49.1 Å². The lowest BCUT2D eigenvalue weighted by Gasteiger charge is -2.41. The lowest BCUT2D eigenvalue weighted by atomic mass is 9.77. The summed E-state index contributed by atoms with van der Waals surface area (Å²) in [6.45, 7) is 1.94. The summed E-state index contributed by atoms with van der Waals surface area (Å²) in [5.74, 6) is 4.71. The molecule has 7 nitrogen and oxygen atoms in total. The third-order valence-corrected chi connectivity index (χ3v) is 8.96. The molecule has 0 spiro atoms. The van der Waals surface area contributed by atoms with Crippen molar-refractivity contribution < 1.29 is 9.32 Å². The first kappa shape index (κ1) is 19.0. The molecule has 4 aliphatic rings. The molecule has 158 valence electrons. The minimum absolute atomic E-state index is 0.0803. The summed E-state index contributed by atoms with van der Waals surface area (Å²) in [5, 5.41) is 13.9. The van der Waals surface area contributed by atoms with Gasteiger partial charge in [0.15, 0.2) is 0 Å². The summed E-state index contributed by atoms with van der Waals surface area (Å²) < 4.78 is 12.6. The number of nitrogens with zero attached hydrogens (tertiary/aromatic N) is 4. The highest BCUT2D eigenvalue weighted by Gasteiger charge is 2.58. The predicted octanol–water partition coefficient (Wildman–Crippen LogP) is 2.37. The van der Waals surface area contributed by atoms with Crippen LogP contribution >= 0.6 is 11.6 Å². The number of hydrogen-bond acceptors (Lipinski definition) is 7. The smallest absolute Gasteiger partial charge is 0.145 e. The molecule has 2 unspecified atom stereocenters. The van der Waals surface area contributed by atoms with E-state index in [0.29, 0.717) is 34.3 Å². The van der Waals surface area contributed by atoms with Crippen molar-refractivity contribution in [2.24, 2.45) is 11.8 Å². The number of aliphatic hydroxyl groups excluding tert-OH is 1. The van der Waals surface area contributed by atoms with E-state index in [1.165, 1.54) is 0 Å². The van der Waals surface area contributed by atoms with Gasteiger partial charge in [-0.25, -0.2) is 15.0 Å². The Kier molecular flexibility index (Phi) is 4.34. The van der Waals surface area contributed by atoms with Crippen molar-refractivity contribution in [3.8, 4) is 0 Å². The van der Waals surface area contributed by atoms with Crippen LogP contribution < -0.4 is 10.2 Å². The van der Waals surface area contributed by atoms with E-state index in [2.05, 4.69) is 26.3 Å². The number of piperidine rings is 1. The summed E-state index contributed by atoms with van der Waals surface area (Å²) in [6, 6.07) is 2.12. The van der Waals surface area contributed by atoms with E-state index < -0.39 is 10.8 Å². The molecule has 3 fully saturated rings. The second-order valence-electron chi connectivity index (χ2n) is 9.05. The van der Waals surface area contributed by atoms with E-state index in [0.717, 1.165) is 60.9 Å². The standard InChI is InChI=1S/C21H24ClN5O2S/c22-13-7-23-19(24-8-13)17-14-9-27(10-15(14)17)16-6-12-2-5-30(29)18(12)20(25-16)26-21(11-28)3-1-4-21/h6-8,14-15,17,28H,1-5,9-11H2,(H,25,26)/t14?,15?,17?,30-/m1/s1. The molecule has 2 aliphatic heterocycles. The monoisotopic (exact) mass is 445 g/mol. The number of aryl methyl sites for hydroxylation is 1. The van der Waals surface area contributed by atoms with Gasteiger partial charge in [0.25, 0.3) is 0 Å². The van der Waals surface area contributed by atoms with Gasteiger partial charge < -0.3 is 15.3 Å². The van der Waals surface area contributed by atoms with Crippen molar-refractivity contribution in [3.63, 3.8) is 0 Å². The van der Waals surface area contributed by atoms with Gasteiger partial charge in [-0.1, -0.05) is 11.6 Å². The van der Waals surface area contributed by atoms with Crippen LogP contribution in [0.15, 0.2) is 23.4 Å². The summed E-state index contributed by atoms with van der Waals surface area (Å²) >= 11 is 5.92. The van der Waals surface area contributed by atoms with E-state index in [9.17, 15) is 9.32 Å². The van der Waals surface area contributed by atoms with E-state index in [1.807, 2.05) is 0 Å². The molecule has 4 heterocycles. The number of aromatic nitrogens is 3. The van der Waals surface area contributed by atoms with Crippen LogP contribution in [-0.4, -0.2) is 55.3 Å². The van der Waals surface area contributed by atoms with Crippen LogP contribution in [0.2, 0.25) is 5.02 Å². The molecule has 2 N–H and O–H groups in total. The van der Waals surface area contributed by atoms with E-state index in [1.54, 1.807) is 12.4 Å². The maximum Gasteiger partial charge on any atom is 0.145 e. The molecule has 3 atom stereocenters. The summed E-state index contributed by atoms with van der Waals surface area (Å²) in [5.41, 5.74) is 0.822. The van der Waals surface area contributed by atoms with Gasteiger partial charge in [0.2, 0.25) is 0 Å². The number of pyridine rings is 1. The molecule has 0 radical (unpaired) electrons. The Balaban J connectivity index is 1.25. The van der Waals surface area contributed by atoms with Crippen LogP contribution in [-0.2, 0) is 17.2 Å². The van der Waals surface area contributed by atoms with Crippen LogP contribution in [0.4, 0.5) is 11.6 Å². The largest absolute Gasteiger partial charge is 0.394 e. The Morgan fingerprint density at radius 3 is 2.63 bits per heavy atom. The SMILES string of the molecule is O=[S@@]1CCc2cc(N3CC4C(C3)C4c3ncc(Cl)cn3)nc(NC3(CO)CCC3)c21. The number of anilines is 2. The van der Waals surface area contributed by atoms with Crippen LogP contribution in [0.25, 0.3) is 0 Å². The zero-order valence-electron chi connectivity index (χ0n) is 16.6. The zero-order valence-corrected chi connectivity index (χ0v) is 18.1. The summed E-state index contributed by atoms with van der Waals surface area (Å²) in [7, 11) is -1.02. The molecule has 1 saturated heterocycles. The van der Waals surface area contributed by atoms with E-state index >= 15 is 0 Å². The average Bonchev–Trinajstić information content (AvgIpc) is 3.04. The van der Waals surface area contributed by atoms with Crippen molar-refractivity contribution >= 4 is 34.0 Å². The maximum atomic E-state index is 12.6. The Morgan fingerprint density at radius 2 is 2.00 bits per heavy atom. The Bertz CT molecular complexity index is 1010. The van der Waals surface area contributed by atoms with Gasteiger partial charge in [0.05, 0.1) is 32.9 Å². The molecule has 0 aromatic carbocycles. The number of halogens is 1. The van der Waals surface area contributed by atoms with Crippen molar-refractivity contribution in [2.45, 2.75) is 42.0 Å². The molecule has 2 aromatic rings. The van der Waals surface area contributed by atoms with Gasteiger partial charge in [-0.15, -0.1) is 0 Å². The lowest BCUT2D eigenvalue weighted by Crippen LogP contribution is -2.48. The van der Waals surface area contributed by atoms with Gasteiger partial charge >= 0.3 is 0 Å². The van der Waals surface area contributed by atoms with Gasteiger partial charge in [-0.3, -0.25) is 4.21 Å². The number of nitrogens with one attached hydrogen (secondary N) is 1. The maximum absolute atomic E-state index is 12.6. The fourth-order valence-electron chi connectivity index (χ4n) is 5.33. The molecule has 2 saturated carbocycles. The normalized spacial score (nSPS) is 30.5. The molecule has 2 aromatic heterocycles. The number of hydrogen-bond donors (Lipinski definition) is 2. The molecule has 9 heteroatoms. The quantitative estimate of drug-likeness (QED) is 0.729. The Labute approximate surface area is 182 Å². The third-order valence-electron chi connectivity index (χ3n) is 7.27. The molecular weight excluding hydrogens is 422 g/mol. The van der Waals surface area contributed by atoms with Crippen LogP contribution in [0, 0.1) is 11.8 Å². The van der Waals surface area contributed by atoms with Crippen molar-refractivity contribution in [1.29, 1.82) is 0 Å². The molecular formula is C21H24ClN5O2S. The molecule has 0 bridgehead atoms. The van der Waals surface area contributed by atoms with Crippen molar-refractivity contribution in [1.82, 2.24) is 15.0 Å². The second-order valence-corrected chi connectivity index (χ2v) is 11.0. The van der Waals surface area contributed by atoms with E-state index in [4.69, 9.17) is 16.6 Å². The van der Waals surface area contributed by atoms with Crippen LogP contribution in [0.1, 0.15) is 36.6 Å². The fraction of sp³-hybridized carbons (Fsp3) is 0.571. The second kappa shape index (κ2) is 6.87. The highest BCUT2D eigenvalue weighted by molar-refractivity contribution is 7.85. The average molecular weight is 446 g/mol. The lowest BCUT2D eigenvalue weighted by molar-refractivity contribution is 0.143. The minimum Gasteiger partial charge on any atom is -0.394 e. The van der Waals surface area contributed by atoms with Crippen molar-refractivity contribution in [2.75, 3.05) is 35.7 Å². The third kappa shape index (κ3) is 2.95. The van der Waals surface area contributed by atoms with Gasteiger partial charge in [-0.2, -0.15) is 0 Å². The number of rotatable bonds is 5. The first-order chi connectivity index (χ1) is 14.6. The highest BCUT2D eigenvalue weighted by Crippen LogP contribution is 2.57. The molecule has 2 aliphatic carbocycles. The molecule has 6 rings (SSSR count). The first-order valence-corrected chi connectivity index (χ1v) is 12.3. The topological polar surface area (TPSA) is 91.2 Å². The minimum atomic E-state index is -1.02. The summed E-state index contributed by atoms with van der Waals surface area (Å²) in [4.78, 5) is 16.9. The van der Waals surface area contributed by atoms with Gasteiger partial charge in [0.1, 0.15) is 17.5 Å². The highest BCUT2D eigenvalue weighted by atomic mass is 35.5. The van der Waals surface area contributed by atoms with Crippen molar-refractivity contribution in [3.05, 3.63) is 34.9 Å². The number of fused-ring (bicyclic) bond motifs is 2. The Hall–Kier alpha value is -1.77. The zero-order chi connectivity index (χ0) is 20.5. The molecule has 30 heavy (non-hydrogen) atoms. The first-order valence-electron chi connectivity index (χ1n) is 10.6. The fourth-order valence-corrected chi connectivity index (χ4v) is 6.80. The van der Waals surface area contributed by atoms with E-state index in [-0.39, 0.29) is 12.1 Å². The van der Waals surface area contributed by atoms with Crippen LogP contribution in [0.3, 0.4) is 0 Å². The number of aliphatic hydroxyl groups is 1. The van der Waals surface area contributed by atoms with Gasteiger partial charge in [0, 0.05) is 37.2 Å². The molecule has 0 amide bonds. The Morgan fingerprint density at radius 1 is 1.27 bits per heavy atom. The van der Waals surface area contributed by atoms with Crippen LogP contribution in [0.5, 0.6) is 0 Å².